The molecular formula is C32H34FNO4. The second-order valence-corrected chi connectivity index (χ2v) is 10.8. The van der Waals surface area contributed by atoms with Gasteiger partial charge in [-0.25, -0.2) is 9.18 Å². The normalized spacial score (nSPS) is 22.4. The third-order valence-electron chi connectivity index (χ3n) is 8.09. The van der Waals surface area contributed by atoms with E-state index in [1.807, 2.05) is 42.5 Å². The standard InChI is InChI=1S/C32H34FNO4/c1-32-17-7-3-6-10-25(30(32)34-31(36)37-21-23-8-4-2-5-9-23)19-24-13-16-27(20-28(24)32)38-29(35)18-22-11-14-26(33)15-12-22/h2,4-5,8-9,11-16,20,25,30H,3,6-7,10,17-19,21H2,1H3,(H,34,36)/t25-,30-,32+/m0/s1. The number of hydrogen-bond donors (Lipinski definition) is 1. The third kappa shape index (κ3) is 5.90. The van der Waals surface area contributed by atoms with Gasteiger partial charge in [0.2, 0.25) is 0 Å². The number of fused-ring (bicyclic) bond motifs is 4. The van der Waals surface area contributed by atoms with Crippen LogP contribution in [0.4, 0.5) is 9.18 Å². The topological polar surface area (TPSA) is 64.6 Å². The quantitative estimate of drug-likeness (QED) is 0.294. The molecule has 3 aromatic rings. The van der Waals surface area contributed by atoms with E-state index in [2.05, 4.69) is 18.3 Å². The summed E-state index contributed by atoms with van der Waals surface area (Å²) in [5.74, 6) is 0.0637. The molecule has 5 rings (SSSR count). The molecule has 0 radical (unpaired) electrons. The van der Waals surface area contributed by atoms with Gasteiger partial charge in [-0.1, -0.05) is 74.7 Å². The van der Waals surface area contributed by atoms with E-state index in [1.165, 1.54) is 24.1 Å². The number of ether oxygens (including phenoxy) is 2. The van der Waals surface area contributed by atoms with Crippen molar-refractivity contribution in [2.45, 2.75) is 69.9 Å². The first-order valence-electron chi connectivity index (χ1n) is 13.5. The summed E-state index contributed by atoms with van der Waals surface area (Å²) in [7, 11) is 0. The summed E-state index contributed by atoms with van der Waals surface area (Å²) >= 11 is 0. The van der Waals surface area contributed by atoms with Crippen molar-refractivity contribution in [2.75, 3.05) is 0 Å². The Hall–Kier alpha value is -3.67. The first-order chi connectivity index (χ1) is 18.4. The highest BCUT2D eigenvalue weighted by Gasteiger charge is 2.46. The minimum Gasteiger partial charge on any atom is -0.445 e. The predicted octanol–water partition coefficient (Wildman–Crippen LogP) is 6.66. The van der Waals surface area contributed by atoms with Crippen molar-refractivity contribution < 1.29 is 23.5 Å². The second-order valence-electron chi connectivity index (χ2n) is 10.8. The number of amides is 1. The summed E-state index contributed by atoms with van der Waals surface area (Å²) in [6.45, 7) is 2.45. The summed E-state index contributed by atoms with van der Waals surface area (Å²) in [5.41, 5.74) is 3.69. The van der Waals surface area contributed by atoms with Gasteiger partial charge in [0.1, 0.15) is 18.2 Å². The summed E-state index contributed by atoms with van der Waals surface area (Å²) < 4.78 is 24.5. The number of carbonyl (C=O) groups excluding carboxylic acids is 2. The summed E-state index contributed by atoms with van der Waals surface area (Å²) in [6, 6.07) is 21.3. The van der Waals surface area contributed by atoms with Crippen LogP contribution in [-0.2, 0) is 34.4 Å². The van der Waals surface area contributed by atoms with Crippen LogP contribution in [0.3, 0.4) is 0 Å². The van der Waals surface area contributed by atoms with Gasteiger partial charge >= 0.3 is 12.1 Å². The maximum Gasteiger partial charge on any atom is 0.407 e. The molecular weight excluding hydrogens is 481 g/mol. The molecule has 0 aromatic heterocycles. The van der Waals surface area contributed by atoms with Gasteiger partial charge in [-0.15, -0.1) is 0 Å². The largest absolute Gasteiger partial charge is 0.445 e. The van der Waals surface area contributed by atoms with Crippen LogP contribution in [0.1, 0.15) is 61.3 Å². The number of halogens is 1. The minimum atomic E-state index is -0.402. The fourth-order valence-electron chi connectivity index (χ4n) is 6.16. The molecule has 0 unspecified atom stereocenters. The van der Waals surface area contributed by atoms with Crippen LogP contribution in [0.25, 0.3) is 0 Å². The molecule has 2 aliphatic carbocycles. The Balaban J connectivity index is 1.34. The average molecular weight is 516 g/mol. The van der Waals surface area contributed by atoms with Crippen molar-refractivity contribution in [3.8, 4) is 5.75 Å². The molecule has 2 aliphatic rings. The molecule has 6 heteroatoms. The summed E-state index contributed by atoms with van der Waals surface area (Å²) in [4.78, 5) is 25.6. The van der Waals surface area contributed by atoms with Crippen LogP contribution in [-0.4, -0.2) is 18.1 Å². The van der Waals surface area contributed by atoms with Crippen LogP contribution in [0, 0.1) is 11.7 Å². The molecule has 0 heterocycles. The van der Waals surface area contributed by atoms with Crippen molar-refractivity contribution in [1.29, 1.82) is 0 Å². The minimum absolute atomic E-state index is 0.0636. The number of rotatable bonds is 6. The van der Waals surface area contributed by atoms with Crippen LogP contribution in [0.15, 0.2) is 72.8 Å². The molecule has 3 aromatic carbocycles. The Morgan fingerprint density at radius 3 is 2.55 bits per heavy atom. The Labute approximate surface area is 223 Å². The maximum atomic E-state index is 13.2. The van der Waals surface area contributed by atoms with Gasteiger partial charge in [0, 0.05) is 11.5 Å². The molecule has 1 amide bonds. The molecule has 198 valence electrons. The van der Waals surface area contributed by atoms with Gasteiger partial charge in [0.25, 0.3) is 0 Å². The molecule has 1 N–H and O–H groups in total. The van der Waals surface area contributed by atoms with Gasteiger partial charge in [-0.3, -0.25) is 4.79 Å². The van der Waals surface area contributed by atoms with Crippen LogP contribution in [0.2, 0.25) is 0 Å². The number of benzene rings is 3. The molecule has 5 nitrogen and oxygen atoms in total. The Morgan fingerprint density at radius 1 is 0.974 bits per heavy atom. The van der Waals surface area contributed by atoms with Crippen molar-refractivity contribution in [3.63, 3.8) is 0 Å². The van der Waals surface area contributed by atoms with Gasteiger partial charge < -0.3 is 14.8 Å². The van der Waals surface area contributed by atoms with Crippen LogP contribution >= 0.6 is 0 Å². The fraction of sp³-hybridized carbons (Fsp3) is 0.375. The van der Waals surface area contributed by atoms with Crippen molar-refractivity contribution in [1.82, 2.24) is 5.32 Å². The Kier molecular flexibility index (Phi) is 7.77. The number of esters is 1. The van der Waals surface area contributed by atoms with Crippen LogP contribution < -0.4 is 10.1 Å². The second kappa shape index (κ2) is 11.4. The van der Waals surface area contributed by atoms with Crippen molar-refractivity contribution in [2.24, 2.45) is 5.92 Å². The number of alkyl carbamates (subject to hydrolysis) is 1. The van der Waals surface area contributed by atoms with E-state index < -0.39 is 12.1 Å². The monoisotopic (exact) mass is 515 g/mol. The molecule has 3 atom stereocenters. The highest BCUT2D eigenvalue weighted by Crippen LogP contribution is 2.47. The van der Waals surface area contributed by atoms with E-state index >= 15 is 0 Å². The Morgan fingerprint density at radius 2 is 1.76 bits per heavy atom. The zero-order chi connectivity index (χ0) is 26.5. The zero-order valence-electron chi connectivity index (χ0n) is 21.8. The van der Waals surface area contributed by atoms with Gasteiger partial charge in [0.05, 0.1) is 6.42 Å². The number of nitrogens with one attached hydrogen (secondary N) is 1. The van der Waals surface area contributed by atoms with Crippen LogP contribution in [0.5, 0.6) is 5.75 Å². The lowest BCUT2D eigenvalue weighted by Gasteiger charge is -2.49. The number of carbonyl (C=O) groups is 2. The molecule has 2 bridgehead atoms. The zero-order valence-corrected chi connectivity index (χ0v) is 21.8. The van der Waals surface area contributed by atoms with E-state index in [0.717, 1.165) is 43.2 Å². The van der Waals surface area contributed by atoms with E-state index in [9.17, 15) is 14.0 Å². The van der Waals surface area contributed by atoms with Gasteiger partial charge in [-0.05, 0) is 71.7 Å². The lowest BCUT2D eigenvalue weighted by Crippen LogP contribution is -2.57. The molecule has 38 heavy (non-hydrogen) atoms. The maximum absolute atomic E-state index is 13.2. The lowest BCUT2D eigenvalue weighted by molar-refractivity contribution is -0.133. The summed E-state index contributed by atoms with van der Waals surface area (Å²) in [6.07, 6.45) is 5.87. The molecule has 1 fully saturated rings. The smallest absolute Gasteiger partial charge is 0.407 e. The molecule has 0 saturated heterocycles. The molecule has 1 saturated carbocycles. The van der Waals surface area contributed by atoms with E-state index in [4.69, 9.17) is 9.47 Å². The SMILES string of the molecule is C[C@@]12CCCCC[C@@H](Cc3ccc(OC(=O)Cc4ccc(F)cc4)cc31)[C@@H]2NC(=O)OCc1ccccc1. The fourth-order valence-corrected chi connectivity index (χ4v) is 6.16. The average Bonchev–Trinajstić information content (AvgIpc) is 2.91. The lowest BCUT2D eigenvalue weighted by atomic mass is 9.59. The molecule has 0 aliphatic heterocycles. The third-order valence-corrected chi connectivity index (χ3v) is 8.09. The Bertz CT molecular complexity index is 1280. The van der Waals surface area contributed by atoms with Gasteiger partial charge in [-0.2, -0.15) is 0 Å². The van der Waals surface area contributed by atoms with E-state index in [-0.39, 0.29) is 30.3 Å². The first-order valence-corrected chi connectivity index (χ1v) is 13.5. The molecule has 0 spiro atoms. The van der Waals surface area contributed by atoms with Crippen molar-refractivity contribution in [3.05, 3.63) is 101 Å². The highest BCUT2D eigenvalue weighted by molar-refractivity contribution is 5.75. The van der Waals surface area contributed by atoms with E-state index in [0.29, 0.717) is 17.2 Å². The van der Waals surface area contributed by atoms with Crippen molar-refractivity contribution >= 4 is 12.1 Å². The number of hydrogen-bond acceptors (Lipinski definition) is 4. The first kappa shape index (κ1) is 26.0. The van der Waals surface area contributed by atoms with Gasteiger partial charge in [0.15, 0.2) is 0 Å². The van der Waals surface area contributed by atoms with E-state index in [1.54, 1.807) is 12.1 Å². The highest BCUT2D eigenvalue weighted by atomic mass is 19.1. The summed E-state index contributed by atoms with van der Waals surface area (Å²) in [5, 5.41) is 3.24. The predicted molar refractivity (Wildman–Crippen MR) is 143 cm³/mol.